The van der Waals surface area contributed by atoms with Gasteiger partial charge in [0, 0.05) is 31.8 Å². The first-order chi connectivity index (χ1) is 12.8. The van der Waals surface area contributed by atoms with Crippen molar-refractivity contribution in [2.75, 3.05) is 6.54 Å². The van der Waals surface area contributed by atoms with Gasteiger partial charge in [-0.1, -0.05) is 44.2 Å². The minimum Gasteiger partial charge on any atom is -0.477 e. The molecule has 0 fully saturated rings. The molecule has 144 valence electrons. The molecule has 1 aromatic carbocycles. The smallest absolute Gasteiger partial charge is 0.341 e. The van der Waals surface area contributed by atoms with Gasteiger partial charge in [-0.05, 0) is 11.5 Å². The number of amides is 1. The molecule has 1 atom stereocenters. The third kappa shape index (κ3) is 5.52. The van der Waals surface area contributed by atoms with E-state index in [4.69, 9.17) is 0 Å². The molecule has 1 aromatic heterocycles. The largest absolute Gasteiger partial charge is 0.477 e. The highest BCUT2D eigenvalue weighted by molar-refractivity contribution is 5.87. The molecule has 0 aliphatic rings. The third-order valence-electron chi connectivity index (χ3n) is 4.06. The minimum atomic E-state index is -1.33. The quantitative estimate of drug-likeness (QED) is 0.655. The predicted molar refractivity (Wildman–Crippen MR) is 101 cm³/mol. The van der Waals surface area contributed by atoms with Crippen LogP contribution in [0.2, 0.25) is 0 Å². The minimum absolute atomic E-state index is 0.102. The molecule has 27 heavy (non-hydrogen) atoms. The summed E-state index contributed by atoms with van der Waals surface area (Å²) in [6.45, 7) is 4.36. The molecule has 0 unspecified atom stereocenters. The Balaban J connectivity index is 2.29. The van der Waals surface area contributed by atoms with E-state index in [1.54, 1.807) is 30.3 Å². The number of nitrogens with zero attached hydrogens (tertiary/aromatic N) is 1. The number of carboxylic acid groups (broad SMARTS) is 1. The second kappa shape index (κ2) is 9.14. The van der Waals surface area contributed by atoms with Gasteiger partial charge in [-0.25, -0.2) is 4.79 Å². The Labute approximate surface area is 157 Å². The van der Waals surface area contributed by atoms with Crippen molar-refractivity contribution in [3.8, 4) is 0 Å². The number of hydrogen-bond donors (Lipinski definition) is 3. The van der Waals surface area contributed by atoms with Crippen LogP contribution in [0.5, 0.6) is 0 Å². The molecule has 2 aromatic rings. The van der Waals surface area contributed by atoms with Gasteiger partial charge in [0.15, 0.2) is 5.43 Å². The summed E-state index contributed by atoms with van der Waals surface area (Å²) in [4.78, 5) is 35.2. The molecule has 1 amide bonds. The number of pyridine rings is 1. The van der Waals surface area contributed by atoms with E-state index in [9.17, 15) is 24.6 Å². The molecule has 3 N–H and O–H groups in total. The summed E-state index contributed by atoms with van der Waals surface area (Å²) in [7, 11) is 0. The van der Waals surface area contributed by atoms with Crippen molar-refractivity contribution in [1.29, 1.82) is 0 Å². The van der Waals surface area contributed by atoms with Crippen LogP contribution in [0.1, 0.15) is 48.0 Å². The molecular formula is C20H24N2O5. The molecule has 7 heteroatoms. The first-order valence-corrected chi connectivity index (χ1v) is 8.77. The average Bonchev–Trinajstić information content (AvgIpc) is 2.61. The number of aromatic nitrogens is 1. The number of rotatable bonds is 8. The van der Waals surface area contributed by atoms with Crippen molar-refractivity contribution < 1.29 is 19.8 Å². The molecule has 0 aliphatic carbocycles. The number of benzene rings is 1. The number of aliphatic hydroxyl groups is 1. The highest BCUT2D eigenvalue weighted by atomic mass is 16.4. The number of carbonyl (C=O) groups excluding carboxylic acids is 1. The second-order valence-corrected chi connectivity index (χ2v) is 6.74. The summed E-state index contributed by atoms with van der Waals surface area (Å²) in [6, 6.07) is 9.90. The number of hydrogen-bond acceptors (Lipinski definition) is 4. The summed E-state index contributed by atoms with van der Waals surface area (Å²) in [5.41, 5.74) is -0.202. The van der Waals surface area contributed by atoms with Crippen LogP contribution in [0, 0.1) is 5.92 Å². The van der Waals surface area contributed by atoms with E-state index in [1.165, 1.54) is 10.8 Å². The highest BCUT2D eigenvalue weighted by Crippen LogP contribution is 2.21. The Morgan fingerprint density at radius 1 is 1.19 bits per heavy atom. The molecule has 0 bridgehead atoms. The van der Waals surface area contributed by atoms with Crippen LogP contribution < -0.4 is 10.7 Å². The van der Waals surface area contributed by atoms with E-state index in [0.717, 1.165) is 6.07 Å². The molecule has 0 radical (unpaired) electrons. The molecule has 0 spiro atoms. The fraction of sp³-hybridized carbons (Fsp3) is 0.350. The van der Waals surface area contributed by atoms with E-state index in [1.807, 2.05) is 13.8 Å². The Kier molecular flexibility index (Phi) is 6.90. The van der Waals surface area contributed by atoms with Crippen molar-refractivity contribution in [2.45, 2.75) is 32.9 Å². The average molecular weight is 372 g/mol. The van der Waals surface area contributed by atoms with Crippen LogP contribution >= 0.6 is 0 Å². The SMILES string of the molecule is CC(C)CC(=O)NCCn1cc(C(=O)O)c(=O)cc1[C@H](O)c1ccccc1. The van der Waals surface area contributed by atoms with E-state index >= 15 is 0 Å². The maximum Gasteiger partial charge on any atom is 0.341 e. The normalized spacial score (nSPS) is 12.0. The fourth-order valence-corrected chi connectivity index (χ4v) is 2.74. The van der Waals surface area contributed by atoms with Crippen molar-refractivity contribution in [3.63, 3.8) is 0 Å². The summed E-state index contributed by atoms with van der Waals surface area (Å²) < 4.78 is 1.50. The molecule has 0 saturated heterocycles. The van der Waals surface area contributed by atoms with Gasteiger partial charge in [0.05, 0.1) is 5.69 Å². The molecule has 7 nitrogen and oxygen atoms in total. The number of carboxylic acids is 1. The summed E-state index contributed by atoms with van der Waals surface area (Å²) in [6.07, 6.45) is 0.512. The topological polar surface area (TPSA) is 109 Å². The van der Waals surface area contributed by atoms with Gasteiger partial charge >= 0.3 is 5.97 Å². The van der Waals surface area contributed by atoms with E-state index < -0.39 is 17.5 Å². The fourth-order valence-electron chi connectivity index (χ4n) is 2.74. The van der Waals surface area contributed by atoms with Crippen LogP contribution in [-0.4, -0.2) is 33.2 Å². The Hall–Kier alpha value is -2.93. The van der Waals surface area contributed by atoms with Gasteiger partial charge < -0.3 is 20.1 Å². The molecule has 0 saturated carbocycles. The lowest BCUT2D eigenvalue weighted by Crippen LogP contribution is -2.30. The lowest BCUT2D eigenvalue weighted by Gasteiger charge is -2.19. The Bertz CT molecular complexity index is 858. The summed E-state index contributed by atoms with van der Waals surface area (Å²) in [5.74, 6) is -1.21. The number of aliphatic hydroxyl groups excluding tert-OH is 1. The van der Waals surface area contributed by atoms with Crippen molar-refractivity contribution in [2.24, 2.45) is 5.92 Å². The van der Waals surface area contributed by atoms with Gasteiger partial charge in [0.2, 0.25) is 5.91 Å². The van der Waals surface area contributed by atoms with Gasteiger partial charge in [0.25, 0.3) is 0 Å². The highest BCUT2D eigenvalue weighted by Gasteiger charge is 2.19. The third-order valence-corrected chi connectivity index (χ3v) is 4.06. The summed E-state index contributed by atoms with van der Waals surface area (Å²) in [5, 5.41) is 22.6. The first-order valence-electron chi connectivity index (χ1n) is 8.77. The lowest BCUT2D eigenvalue weighted by molar-refractivity contribution is -0.121. The second-order valence-electron chi connectivity index (χ2n) is 6.74. The standard InChI is InChI=1S/C20H24N2O5/c1-13(2)10-18(24)21-8-9-22-12-15(20(26)27)17(23)11-16(22)19(25)14-6-4-3-5-7-14/h3-7,11-13,19,25H,8-10H2,1-2H3,(H,21,24)(H,26,27)/t19-/m1/s1. The van der Waals surface area contributed by atoms with Crippen LogP contribution in [0.4, 0.5) is 0 Å². The maximum atomic E-state index is 12.1. The Morgan fingerprint density at radius 3 is 2.44 bits per heavy atom. The lowest BCUT2D eigenvalue weighted by atomic mass is 10.0. The van der Waals surface area contributed by atoms with E-state index in [-0.39, 0.29) is 36.2 Å². The van der Waals surface area contributed by atoms with Gasteiger partial charge in [-0.3, -0.25) is 9.59 Å². The van der Waals surface area contributed by atoms with Crippen LogP contribution in [0.25, 0.3) is 0 Å². The van der Waals surface area contributed by atoms with Gasteiger partial charge in [-0.2, -0.15) is 0 Å². The Morgan fingerprint density at radius 2 is 1.85 bits per heavy atom. The van der Waals surface area contributed by atoms with Crippen molar-refractivity contribution >= 4 is 11.9 Å². The number of nitrogens with one attached hydrogen (secondary N) is 1. The van der Waals surface area contributed by atoms with Crippen molar-refractivity contribution in [3.05, 3.63) is 69.6 Å². The van der Waals surface area contributed by atoms with Gasteiger partial charge in [-0.15, -0.1) is 0 Å². The van der Waals surface area contributed by atoms with Gasteiger partial charge in [0.1, 0.15) is 11.7 Å². The number of aromatic carboxylic acids is 1. The van der Waals surface area contributed by atoms with E-state index in [0.29, 0.717) is 12.0 Å². The maximum absolute atomic E-state index is 12.1. The number of carbonyl (C=O) groups is 2. The zero-order valence-electron chi connectivity index (χ0n) is 15.4. The zero-order chi connectivity index (χ0) is 20.0. The monoisotopic (exact) mass is 372 g/mol. The first kappa shape index (κ1) is 20.4. The van der Waals surface area contributed by atoms with E-state index in [2.05, 4.69) is 5.32 Å². The molecule has 0 aliphatic heterocycles. The predicted octanol–water partition coefficient (Wildman–Crippen LogP) is 1.79. The van der Waals surface area contributed by atoms with Crippen molar-refractivity contribution in [1.82, 2.24) is 9.88 Å². The molecular weight excluding hydrogens is 348 g/mol. The zero-order valence-corrected chi connectivity index (χ0v) is 15.4. The molecule has 1 heterocycles. The van der Waals surface area contributed by atoms with Crippen LogP contribution in [0.3, 0.4) is 0 Å². The van der Waals surface area contributed by atoms with Crippen LogP contribution in [0.15, 0.2) is 47.4 Å². The van der Waals surface area contributed by atoms with Crippen LogP contribution in [-0.2, 0) is 11.3 Å². The molecule has 2 rings (SSSR count). The summed E-state index contributed by atoms with van der Waals surface area (Å²) >= 11 is 0.